The minimum absolute atomic E-state index is 0.678. The number of aromatic nitrogens is 3. The Morgan fingerprint density at radius 1 is 0.377 bits per heavy atom. The molecule has 0 bridgehead atoms. The second kappa shape index (κ2) is 11.9. The van der Waals surface area contributed by atoms with Crippen molar-refractivity contribution >= 4 is 74.7 Å². The fourth-order valence-electron chi connectivity index (χ4n) is 7.99. The highest BCUT2D eigenvalue weighted by Gasteiger charge is 2.18. The molecule has 0 spiro atoms. The van der Waals surface area contributed by atoms with Crippen molar-refractivity contribution in [3.63, 3.8) is 0 Å². The van der Waals surface area contributed by atoms with Crippen LogP contribution >= 0.6 is 11.3 Å². The molecule has 246 valence electrons. The summed E-state index contributed by atoms with van der Waals surface area (Å²) in [4.78, 5) is 16.0. The van der Waals surface area contributed by atoms with Crippen molar-refractivity contribution < 1.29 is 0 Å². The summed E-state index contributed by atoms with van der Waals surface area (Å²) < 4.78 is 2.59. The molecule has 0 aliphatic carbocycles. The molecule has 3 aromatic heterocycles. The summed E-state index contributed by atoms with van der Waals surface area (Å²) >= 11 is 1.86. The van der Waals surface area contributed by atoms with Crippen LogP contribution in [0.2, 0.25) is 0 Å². The Labute approximate surface area is 309 Å². The lowest BCUT2D eigenvalue weighted by Gasteiger charge is -2.14. The van der Waals surface area contributed by atoms with Crippen molar-refractivity contribution in [2.45, 2.75) is 0 Å². The number of para-hydroxylation sites is 1. The van der Waals surface area contributed by atoms with Crippen LogP contribution in [0.5, 0.6) is 0 Å². The van der Waals surface area contributed by atoms with E-state index in [0.717, 1.165) is 61.0 Å². The molecule has 0 unspecified atom stereocenters. The molecule has 0 atom stereocenters. The Morgan fingerprint density at radius 3 is 1.68 bits per heavy atom. The highest BCUT2D eigenvalue weighted by molar-refractivity contribution is 7.26. The zero-order chi connectivity index (χ0) is 34.9. The predicted octanol–water partition coefficient (Wildman–Crippen LogP) is 13.5. The van der Waals surface area contributed by atoms with Gasteiger partial charge in [0.15, 0.2) is 5.82 Å². The quantitative estimate of drug-likeness (QED) is 0.172. The number of hydrogen-bond acceptors (Lipinski definition) is 4. The molecule has 0 radical (unpaired) electrons. The largest absolute Gasteiger partial charge is 0.247 e. The van der Waals surface area contributed by atoms with E-state index in [0.29, 0.717) is 5.82 Å². The Bertz CT molecular complexity index is 3140. The van der Waals surface area contributed by atoms with Gasteiger partial charge in [-0.25, -0.2) is 15.0 Å². The van der Waals surface area contributed by atoms with Gasteiger partial charge in [0.1, 0.15) is 0 Å². The van der Waals surface area contributed by atoms with Gasteiger partial charge >= 0.3 is 0 Å². The molecule has 0 fully saturated rings. The fourth-order valence-corrected chi connectivity index (χ4v) is 9.26. The summed E-state index contributed by atoms with van der Waals surface area (Å²) in [7, 11) is 0. The Morgan fingerprint density at radius 2 is 0.943 bits per heavy atom. The van der Waals surface area contributed by atoms with Crippen molar-refractivity contribution in [1.82, 2.24) is 15.0 Å². The third-order valence-corrected chi connectivity index (χ3v) is 11.7. The number of thiophene rings is 1. The lowest BCUT2D eigenvalue weighted by molar-refractivity contribution is 1.19. The molecule has 0 N–H and O–H groups in total. The first-order valence-electron chi connectivity index (χ1n) is 17.9. The molecule has 0 aliphatic rings. The van der Waals surface area contributed by atoms with Crippen LogP contribution < -0.4 is 0 Å². The lowest BCUT2D eigenvalue weighted by Crippen LogP contribution is -1.97. The van der Waals surface area contributed by atoms with Gasteiger partial charge in [-0.2, -0.15) is 0 Å². The van der Waals surface area contributed by atoms with Crippen LogP contribution in [-0.4, -0.2) is 15.0 Å². The van der Waals surface area contributed by atoms with Crippen molar-refractivity contribution in [3.05, 3.63) is 176 Å². The summed E-state index contributed by atoms with van der Waals surface area (Å²) in [6.07, 6.45) is 0. The van der Waals surface area contributed by atoms with Crippen molar-refractivity contribution in [3.8, 4) is 45.2 Å². The molecular formula is C49H29N3S. The van der Waals surface area contributed by atoms with E-state index in [9.17, 15) is 0 Å². The molecule has 0 saturated heterocycles. The summed E-state index contributed by atoms with van der Waals surface area (Å²) in [6, 6.07) is 62.4. The number of nitrogens with zero attached hydrogens (tertiary/aromatic N) is 3. The second-order valence-corrected chi connectivity index (χ2v) is 14.6. The molecule has 11 rings (SSSR count). The predicted molar refractivity (Wildman–Crippen MR) is 224 cm³/mol. The first kappa shape index (κ1) is 29.9. The van der Waals surface area contributed by atoms with E-state index in [1.807, 2.05) is 11.3 Å². The number of hydrogen-bond donors (Lipinski definition) is 0. The highest BCUT2D eigenvalue weighted by Crippen LogP contribution is 2.44. The molecule has 11 aromatic rings. The SMILES string of the molecule is c1cc(-c2nc(-c3cccc4ccccc34)cc(-c3cccc4ccccc34)n2)cc(-c2nc3ccccc3c3c2ccc2c4ccccc4sc23)c1. The third-order valence-electron chi connectivity index (χ3n) is 10.5. The van der Waals surface area contributed by atoms with Gasteiger partial charge in [0.25, 0.3) is 0 Å². The van der Waals surface area contributed by atoms with Crippen molar-refractivity contribution in [2.75, 3.05) is 0 Å². The summed E-state index contributed by atoms with van der Waals surface area (Å²) in [5.41, 5.74) is 7.86. The zero-order valence-electron chi connectivity index (χ0n) is 28.5. The van der Waals surface area contributed by atoms with Crippen LogP contribution in [0.15, 0.2) is 176 Å². The fraction of sp³-hybridized carbons (Fsp3) is 0. The molecule has 4 heteroatoms. The van der Waals surface area contributed by atoms with E-state index in [-0.39, 0.29) is 0 Å². The van der Waals surface area contributed by atoms with Crippen LogP contribution in [0.1, 0.15) is 0 Å². The van der Waals surface area contributed by atoms with Gasteiger partial charge in [0, 0.05) is 58.6 Å². The van der Waals surface area contributed by atoms with Gasteiger partial charge in [0.2, 0.25) is 0 Å². The van der Waals surface area contributed by atoms with E-state index in [4.69, 9.17) is 15.0 Å². The van der Waals surface area contributed by atoms with Gasteiger partial charge in [0.05, 0.1) is 22.6 Å². The van der Waals surface area contributed by atoms with E-state index in [2.05, 4.69) is 176 Å². The Kier molecular flexibility index (Phi) is 6.73. The minimum Gasteiger partial charge on any atom is -0.247 e. The van der Waals surface area contributed by atoms with E-state index >= 15 is 0 Å². The average molecular weight is 692 g/mol. The van der Waals surface area contributed by atoms with Crippen molar-refractivity contribution in [1.29, 1.82) is 0 Å². The maximum absolute atomic E-state index is 5.33. The molecule has 3 heterocycles. The first-order valence-corrected chi connectivity index (χ1v) is 18.7. The minimum atomic E-state index is 0.678. The van der Waals surface area contributed by atoms with Gasteiger partial charge in [-0.1, -0.05) is 152 Å². The van der Waals surface area contributed by atoms with Crippen LogP contribution in [0.25, 0.3) is 109 Å². The monoisotopic (exact) mass is 691 g/mol. The van der Waals surface area contributed by atoms with Crippen LogP contribution in [0.3, 0.4) is 0 Å². The Balaban J connectivity index is 1.15. The normalized spacial score (nSPS) is 11.8. The molecule has 0 amide bonds. The molecule has 53 heavy (non-hydrogen) atoms. The maximum atomic E-state index is 5.33. The van der Waals surface area contributed by atoms with E-state index in [1.165, 1.54) is 41.7 Å². The molecule has 0 aliphatic heterocycles. The second-order valence-electron chi connectivity index (χ2n) is 13.5. The highest BCUT2D eigenvalue weighted by atomic mass is 32.1. The van der Waals surface area contributed by atoms with Gasteiger partial charge in [-0.05, 0) is 45.8 Å². The smallest absolute Gasteiger partial charge is 0.160 e. The third kappa shape index (κ3) is 4.84. The average Bonchev–Trinajstić information content (AvgIpc) is 3.62. The number of fused-ring (bicyclic) bond motifs is 9. The topological polar surface area (TPSA) is 38.7 Å². The number of rotatable bonds is 4. The van der Waals surface area contributed by atoms with Gasteiger partial charge in [-0.3, -0.25) is 0 Å². The van der Waals surface area contributed by atoms with E-state index in [1.54, 1.807) is 0 Å². The first-order chi connectivity index (χ1) is 26.3. The van der Waals surface area contributed by atoms with Crippen LogP contribution in [0, 0.1) is 0 Å². The molecule has 0 saturated carbocycles. The van der Waals surface area contributed by atoms with Crippen molar-refractivity contribution in [2.24, 2.45) is 0 Å². The summed E-state index contributed by atoms with van der Waals surface area (Å²) in [5.74, 6) is 0.678. The molecular weight excluding hydrogens is 663 g/mol. The van der Waals surface area contributed by atoms with Crippen LogP contribution in [0.4, 0.5) is 0 Å². The molecule has 8 aromatic carbocycles. The van der Waals surface area contributed by atoms with Crippen LogP contribution in [-0.2, 0) is 0 Å². The number of pyridine rings is 1. The lowest BCUT2D eigenvalue weighted by atomic mass is 9.96. The number of benzene rings is 8. The zero-order valence-corrected chi connectivity index (χ0v) is 29.3. The standard InChI is InChI=1S/C49H29N3S/c1-3-18-34-30(12-1)14-10-22-36(34)43-29-44(37-23-11-15-31-13-2-4-19-35(31)37)52-49(51-43)33-17-9-16-32(28-33)47-41-27-26-39-38-20-6-8-25-45(38)53-48(39)46(41)40-21-5-7-24-42(40)50-47/h1-29H. The summed E-state index contributed by atoms with van der Waals surface area (Å²) in [6.45, 7) is 0. The Hall–Kier alpha value is -6.75. The summed E-state index contributed by atoms with van der Waals surface area (Å²) in [5, 5.41) is 10.8. The van der Waals surface area contributed by atoms with Gasteiger partial charge in [-0.15, -0.1) is 11.3 Å². The molecule has 3 nitrogen and oxygen atoms in total. The maximum Gasteiger partial charge on any atom is 0.160 e. The van der Waals surface area contributed by atoms with E-state index < -0.39 is 0 Å². The van der Waals surface area contributed by atoms with Gasteiger partial charge < -0.3 is 0 Å².